The van der Waals surface area contributed by atoms with Crippen LogP contribution in [0.1, 0.15) is 17.4 Å². The number of hydrogen-bond donors (Lipinski definition) is 1. The fraction of sp³-hybridized carbons (Fsp3) is 0.333. The Kier molecular flexibility index (Phi) is 5.81. The summed E-state index contributed by atoms with van der Waals surface area (Å²) in [6, 6.07) is 13.0. The first-order chi connectivity index (χ1) is 12.3. The molecule has 1 aromatic heterocycles. The SMILES string of the molecule is CO[C@@H](C(=O)N/N=C\c1ccc(N2CCOCC2)o1)c1ccccc1. The molecule has 7 heteroatoms. The molecule has 0 spiro atoms. The van der Waals surface area contributed by atoms with Crippen LogP contribution in [-0.2, 0) is 14.3 Å². The Hall–Kier alpha value is -2.64. The predicted octanol–water partition coefficient (Wildman–Crippen LogP) is 1.95. The molecular formula is C18H21N3O4. The molecule has 2 heterocycles. The number of carbonyl (C=O) groups excluding carboxylic acids is 1. The molecule has 2 aromatic rings. The third-order valence-electron chi connectivity index (χ3n) is 3.88. The van der Waals surface area contributed by atoms with Gasteiger partial charge in [-0.05, 0) is 11.6 Å². The molecule has 0 bridgehead atoms. The van der Waals surface area contributed by atoms with Crippen molar-refractivity contribution in [3.63, 3.8) is 0 Å². The highest BCUT2D eigenvalue weighted by Gasteiger charge is 2.19. The van der Waals surface area contributed by atoms with Crippen LogP contribution in [0.2, 0.25) is 0 Å². The third-order valence-corrected chi connectivity index (χ3v) is 3.88. The number of hydrazone groups is 1. The first-order valence-corrected chi connectivity index (χ1v) is 8.11. The maximum atomic E-state index is 12.2. The average Bonchev–Trinajstić information content (AvgIpc) is 3.13. The Bertz CT molecular complexity index is 708. The van der Waals surface area contributed by atoms with Gasteiger partial charge in [0.25, 0.3) is 5.91 Å². The van der Waals surface area contributed by atoms with Gasteiger partial charge >= 0.3 is 0 Å². The van der Waals surface area contributed by atoms with Crippen molar-refractivity contribution in [2.24, 2.45) is 5.10 Å². The Labute approximate surface area is 146 Å². The largest absolute Gasteiger partial charge is 0.440 e. The van der Waals surface area contributed by atoms with Crippen molar-refractivity contribution in [1.82, 2.24) is 5.43 Å². The normalized spacial score (nSPS) is 16.1. The van der Waals surface area contributed by atoms with Crippen molar-refractivity contribution >= 4 is 18.0 Å². The highest BCUT2D eigenvalue weighted by molar-refractivity contribution is 5.84. The van der Waals surface area contributed by atoms with E-state index in [9.17, 15) is 4.79 Å². The minimum atomic E-state index is -0.709. The number of nitrogens with one attached hydrogen (secondary N) is 1. The molecule has 7 nitrogen and oxygen atoms in total. The smallest absolute Gasteiger partial charge is 0.273 e. The van der Waals surface area contributed by atoms with Crippen molar-refractivity contribution in [1.29, 1.82) is 0 Å². The Balaban J connectivity index is 1.57. The highest BCUT2D eigenvalue weighted by Crippen LogP contribution is 2.19. The number of ether oxygens (including phenoxy) is 2. The van der Waals surface area contributed by atoms with Gasteiger partial charge in [-0.1, -0.05) is 30.3 Å². The van der Waals surface area contributed by atoms with Gasteiger partial charge in [-0.2, -0.15) is 5.10 Å². The van der Waals surface area contributed by atoms with Crippen molar-refractivity contribution < 1.29 is 18.7 Å². The maximum absolute atomic E-state index is 12.2. The number of morpholine rings is 1. The number of benzene rings is 1. The summed E-state index contributed by atoms with van der Waals surface area (Å²) < 4.78 is 16.3. The van der Waals surface area contributed by atoms with Crippen molar-refractivity contribution in [3.05, 3.63) is 53.8 Å². The number of anilines is 1. The number of hydrogen-bond acceptors (Lipinski definition) is 6. The number of furan rings is 1. The highest BCUT2D eigenvalue weighted by atomic mass is 16.5. The summed E-state index contributed by atoms with van der Waals surface area (Å²) in [6.45, 7) is 2.98. The minimum absolute atomic E-state index is 0.343. The molecule has 0 aliphatic carbocycles. The van der Waals surface area contributed by atoms with E-state index in [2.05, 4.69) is 15.4 Å². The van der Waals surface area contributed by atoms with Crippen LogP contribution >= 0.6 is 0 Å². The van der Waals surface area contributed by atoms with Crippen LogP contribution in [0, 0.1) is 0 Å². The molecule has 1 fully saturated rings. The first-order valence-electron chi connectivity index (χ1n) is 8.11. The number of amides is 1. The zero-order valence-corrected chi connectivity index (χ0v) is 14.1. The van der Waals surface area contributed by atoms with E-state index < -0.39 is 6.10 Å². The van der Waals surface area contributed by atoms with E-state index in [0.717, 1.165) is 24.5 Å². The van der Waals surface area contributed by atoms with E-state index in [1.54, 1.807) is 0 Å². The zero-order chi connectivity index (χ0) is 17.5. The van der Waals surface area contributed by atoms with Gasteiger partial charge in [0.1, 0.15) is 5.76 Å². The summed E-state index contributed by atoms with van der Waals surface area (Å²) in [6.07, 6.45) is 0.762. The molecule has 1 N–H and O–H groups in total. The monoisotopic (exact) mass is 343 g/mol. The molecule has 0 saturated carbocycles. The minimum Gasteiger partial charge on any atom is -0.440 e. The second-order valence-corrected chi connectivity index (χ2v) is 5.54. The summed E-state index contributed by atoms with van der Waals surface area (Å²) in [5.74, 6) is 0.996. The molecule has 0 unspecified atom stereocenters. The molecule has 1 aromatic carbocycles. The van der Waals surface area contributed by atoms with Gasteiger partial charge in [-0.3, -0.25) is 4.79 Å². The van der Waals surface area contributed by atoms with Crippen LogP contribution in [0.3, 0.4) is 0 Å². The molecule has 132 valence electrons. The second kappa shape index (κ2) is 8.46. The molecule has 25 heavy (non-hydrogen) atoms. The fourth-order valence-corrected chi connectivity index (χ4v) is 2.61. The lowest BCUT2D eigenvalue weighted by Crippen LogP contribution is -2.35. The molecule has 3 rings (SSSR count). The van der Waals surface area contributed by atoms with Crippen molar-refractivity contribution in [2.75, 3.05) is 38.3 Å². The standard InChI is InChI=1S/C18H21N3O4/c1-23-17(14-5-3-2-4-6-14)18(22)20-19-13-15-7-8-16(25-15)21-9-11-24-12-10-21/h2-8,13,17H,9-12H2,1H3,(H,20,22)/b19-13-/t17-/m1/s1. The molecule has 1 saturated heterocycles. The second-order valence-electron chi connectivity index (χ2n) is 5.54. The Morgan fingerprint density at radius 1 is 1.24 bits per heavy atom. The lowest BCUT2D eigenvalue weighted by atomic mass is 10.1. The van der Waals surface area contributed by atoms with Gasteiger partial charge in [0.2, 0.25) is 0 Å². The summed E-state index contributed by atoms with van der Waals surface area (Å²) >= 11 is 0. The lowest BCUT2D eigenvalue weighted by Gasteiger charge is -2.26. The maximum Gasteiger partial charge on any atom is 0.273 e. The van der Waals surface area contributed by atoms with E-state index in [1.807, 2.05) is 42.5 Å². The van der Waals surface area contributed by atoms with Crippen LogP contribution in [0.5, 0.6) is 0 Å². The Morgan fingerprint density at radius 3 is 2.72 bits per heavy atom. The molecule has 1 aliphatic rings. The van der Waals surface area contributed by atoms with Crippen LogP contribution in [0.15, 0.2) is 52.0 Å². The summed E-state index contributed by atoms with van der Waals surface area (Å²) in [5, 5.41) is 3.95. The van der Waals surface area contributed by atoms with E-state index >= 15 is 0 Å². The first kappa shape index (κ1) is 17.2. The van der Waals surface area contributed by atoms with Gasteiger partial charge in [-0.25, -0.2) is 5.43 Å². The zero-order valence-electron chi connectivity index (χ0n) is 14.1. The van der Waals surface area contributed by atoms with E-state index in [1.165, 1.54) is 13.3 Å². The summed E-state index contributed by atoms with van der Waals surface area (Å²) in [5.41, 5.74) is 3.25. The molecular weight excluding hydrogens is 322 g/mol. The number of carbonyl (C=O) groups is 1. The number of nitrogens with zero attached hydrogens (tertiary/aromatic N) is 2. The average molecular weight is 343 g/mol. The molecule has 1 amide bonds. The quantitative estimate of drug-likeness (QED) is 0.641. The summed E-state index contributed by atoms with van der Waals surface area (Å²) in [4.78, 5) is 14.3. The van der Waals surface area contributed by atoms with Gasteiger partial charge in [0.05, 0.1) is 19.4 Å². The van der Waals surface area contributed by atoms with Gasteiger partial charge in [-0.15, -0.1) is 0 Å². The Morgan fingerprint density at radius 2 is 2.00 bits per heavy atom. The summed E-state index contributed by atoms with van der Waals surface area (Å²) in [7, 11) is 1.49. The van der Waals surface area contributed by atoms with Crippen molar-refractivity contribution in [3.8, 4) is 0 Å². The van der Waals surface area contributed by atoms with Crippen LogP contribution in [0.4, 0.5) is 5.88 Å². The van der Waals surface area contributed by atoms with Gasteiger partial charge in [0.15, 0.2) is 12.0 Å². The third kappa shape index (κ3) is 4.46. The van der Waals surface area contributed by atoms with Crippen LogP contribution in [-0.4, -0.2) is 45.5 Å². The molecule has 0 radical (unpaired) electrons. The van der Waals surface area contributed by atoms with E-state index in [0.29, 0.717) is 19.0 Å². The fourth-order valence-electron chi connectivity index (χ4n) is 2.61. The van der Waals surface area contributed by atoms with Gasteiger partial charge < -0.3 is 18.8 Å². The number of rotatable bonds is 6. The molecule has 1 aliphatic heterocycles. The number of methoxy groups -OCH3 is 1. The molecule has 1 atom stereocenters. The topological polar surface area (TPSA) is 76.3 Å². The van der Waals surface area contributed by atoms with E-state index in [4.69, 9.17) is 13.9 Å². The van der Waals surface area contributed by atoms with Crippen LogP contribution in [0.25, 0.3) is 0 Å². The van der Waals surface area contributed by atoms with Gasteiger partial charge in [0, 0.05) is 26.3 Å². The van der Waals surface area contributed by atoms with Crippen molar-refractivity contribution in [2.45, 2.75) is 6.10 Å². The van der Waals surface area contributed by atoms with E-state index in [-0.39, 0.29) is 5.91 Å². The van der Waals surface area contributed by atoms with Crippen LogP contribution < -0.4 is 10.3 Å². The predicted molar refractivity (Wildman–Crippen MR) is 93.7 cm³/mol. The lowest BCUT2D eigenvalue weighted by molar-refractivity contribution is -0.131.